The maximum absolute atomic E-state index is 2.46. The van der Waals surface area contributed by atoms with E-state index in [1.54, 1.807) is 0 Å². The lowest BCUT2D eigenvalue weighted by Gasteiger charge is -2.41. The lowest BCUT2D eigenvalue weighted by Crippen LogP contribution is -2.33. The van der Waals surface area contributed by atoms with Crippen LogP contribution in [0.5, 0.6) is 0 Å². The van der Waals surface area contributed by atoms with E-state index in [4.69, 9.17) is 0 Å². The summed E-state index contributed by atoms with van der Waals surface area (Å²) in [7, 11) is 0. The van der Waals surface area contributed by atoms with Crippen LogP contribution in [0.25, 0.3) is 0 Å². The largest absolute Gasteiger partial charge is 0.0651 e. The Morgan fingerprint density at radius 1 is 1.08 bits per heavy atom. The fourth-order valence-corrected chi connectivity index (χ4v) is 3.63. The molecule has 1 fully saturated rings. The molecule has 1 saturated carbocycles. The molecule has 0 heterocycles. The Morgan fingerprint density at radius 3 is 1.92 bits per heavy atom. The van der Waals surface area contributed by atoms with Gasteiger partial charge in [0.2, 0.25) is 0 Å². The Balaban J connectivity index is 2.61. The summed E-state index contributed by atoms with van der Waals surface area (Å²) in [6, 6.07) is 0. The van der Waals surface area contributed by atoms with Gasteiger partial charge in [-0.3, -0.25) is 0 Å². The smallest absolute Gasteiger partial charge is 0.0337 e. The van der Waals surface area contributed by atoms with Gasteiger partial charge < -0.3 is 0 Å². The van der Waals surface area contributed by atoms with Crippen LogP contribution in [0.4, 0.5) is 0 Å². The number of hydrogen-bond donors (Lipinski definition) is 0. The first kappa shape index (κ1) is 11.1. The molecule has 0 saturated heterocycles. The molecule has 0 aromatic carbocycles. The third kappa shape index (κ3) is 2.48. The lowest BCUT2D eigenvalue weighted by atomic mass is 9.64. The van der Waals surface area contributed by atoms with Gasteiger partial charge in [0.15, 0.2) is 0 Å². The van der Waals surface area contributed by atoms with Crippen LogP contribution in [-0.2, 0) is 0 Å². The highest BCUT2D eigenvalue weighted by Gasteiger charge is 2.33. The van der Waals surface area contributed by atoms with Crippen molar-refractivity contribution in [3.05, 3.63) is 0 Å². The van der Waals surface area contributed by atoms with E-state index in [1.807, 2.05) is 0 Å². The first-order valence-electron chi connectivity index (χ1n) is 6.06. The second-order valence-corrected chi connectivity index (χ2v) is 5.49. The fourth-order valence-electron chi connectivity index (χ4n) is 3.63. The molecule has 1 rings (SSSR count). The topological polar surface area (TPSA) is 0 Å². The average Bonchev–Trinajstić information content (AvgIpc) is 2.02. The molecule has 0 amide bonds. The van der Waals surface area contributed by atoms with E-state index in [0.29, 0.717) is 0 Å². The van der Waals surface area contributed by atoms with Gasteiger partial charge in [-0.05, 0) is 42.4 Å². The van der Waals surface area contributed by atoms with Crippen molar-refractivity contribution >= 4 is 0 Å². The molecule has 0 heteroatoms. The Labute approximate surface area is 84.1 Å². The third-order valence-corrected chi connectivity index (χ3v) is 4.16. The summed E-state index contributed by atoms with van der Waals surface area (Å²) in [5.41, 5.74) is 0. The van der Waals surface area contributed by atoms with Gasteiger partial charge in [0.25, 0.3) is 0 Å². The lowest BCUT2D eigenvalue weighted by molar-refractivity contribution is 0.0867. The normalized spacial score (nSPS) is 43.2. The highest BCUT2D eigenvalue weighted by molar-refractivity contribution is 4.83. The standard InChI is InChI=1S/C13H26/c1-6-10(3)13-11(4)7-9(2)8-12(13)5/h9-13H,6-8H2,1-5H3. The molecule has 0 aliphatic heterocycles. The Morgan fingerprint density at radius 2 is 1.54 bits per heavy atom. The Hall–Kier alpha value is 0. The summed E-state index contributed by atoms with van der Waals surface area (Å²) in [5, 5.41) is 0. The van der Waals surface area contributed by atoms with Crippen molar-refractivity contribution in [1.82, 2.24) is 0 Å². The van der Waals surface area contributed by atoms with Gasteiger partial charge >= 0.3 is 0 Å². The summed E-state index contributed by atoms with van der Waals surface area (Å²) in [6.07, 6.45) is 4.27. The molecule has 3 unspecified atom stereocenters. The van der Waals surface area contributed by atoms with Crippen LogP contribution in [0.2, 0.25) is 0 Å². The number of rotatable bonds is 2. The molecular formula is C13H26. The van der Waals surface area contributed by atoms with Crippen LogP contribution in [0.15, 0.2) is 0 Å². The first-order chi connectivity index (χ1) is 6.06. The van der Waals surface area contributed by atoms with Crippen LogP contribution < -0.4 is 0 Å². The van der Waals surface area contributed by atoms with Crippen LogP contribution in [-0.4, -0.2) is 0 Å². The van der Waals surface area contributed by atoms with Crippen molar-refractivity contribution in [1.29, 1.82) is 0 Å². The molecule has 3 atom stereocenters. The van der Waals surface area contributed by atoms with Gasteiger partial charge in [-0.2, -0.15) is 0 Å². The molecule has 0 radical (unpaired) electrons. The fraction of sp³-hybridized carbons (Fsp3) is 1.00. The molecule has 0 N–H and O–H groups in total. The van der Waals surface area contributed by atoms with Crippen molar-refractivity contribution in [2.45, 2.75) is 53.9 Å². The van der Waals surface area contributed by atoms with Crippen molar-refractivity contribution in [3.63, 3.8) is 0 Å². The Kier molecular flexibility index (Phi) is 3.82. The zero-order valence-electron chi connectivity index (χ0n) is 10.0. The molecule has 1 aliphatic rings. The molecule has 13 heavy (non-hydrogen) atoms. The van der Waals surface area contributed by atoms with Crippen LogP contribution >= 0.6 is 0 Å². The molecular weight excluding hydrogens is 156 g/mol. The van der Waals surface area contributed by atoms with E-state index >= 15 is 0 Å². The minimum Gasteiger partial charge on any atom is -0.0651 e. The van der Waals surface area contributed by atoms with Gasteiger partial charge in [0.1, 0.15) is 0 Å². The quantitative estimate of drug-likeness (QED) is 0.595. The molecule has 0 aromatic heterocycles. The van der Waals surface area contributed by atoms with E-state index in [1.165, 1.54) is 19.3 Å². The highest BCUT2D eigenvalue weighted by Crippen LogP contribution is 2.42. The van der Waals surface area contributed by atoms with Crippen LogP contribution in [0, 0.1) is 29.6 Å². The first-order valence-corrected chi connectivity index (χ1v) is 6.06. The predicted octanol–water partition coefficient (Wildman–Crippen LogP) is 4.35. The second-order valence-electron chi connectivity index (χ2n) is 5.49. The van der Waals surface area contributed by atoms with Crippen molar-refractivity contribution < 1.29 is 0 Å². The van der Waals surface area contributed by atoms with Gasteiger partial charge in [-0.25, -0.2) is 0 Å². The third-order valence-electron chi connectivity index (χ3n) is 4.16. The highest BCUT2D eigenvalue weighted by atomic mass is 14.4. The van der Waals surface area contributed by atoms with Gasteiger partial charge in [-0.15, -0.1) is 0 Å². The minimum absolute atomic E-state index is 0.928. The van der Waals surface area contributed by atoms with E-state index in [-0.39, 0.29) is 0 Å². The van der Waals surface area contributed by atoms with Gasteiger partial charge in [0, 0.05) is 0 Å². The van der Waals surface area contributed by atoms with E-state index in [9.17, 15) is 0 Å². The monoisotopic (exact) mass is 182 g/mol. The second kappa shape index (κ2) is 4.48. The molecule has 0 nitrogen and oxygen atoms in total. The van der Waals surface area contributed by atoms with Crippen molar-refractivity contribution in [2.24, 2.45) is 29.6 Å². The maximum atomic E-state index is 2.46. The molecule has 0 bridgehead atoms. The van der Waals surface area contributed by atoms with Gasteiger partial charge in [0.05, 0.1) is 0 Å². The number of hydrogen-bond acceptors (Lipinski definition) is 0. The summed E-state index contributed by atoms with van der Waals surface area (Å²) in [4.78, 5) is 0. The van der Waals surface area contributed by atoms with E-state index in [2.05, 4.69) is 34.6 Å². The van der Waals surface area contributed by atoms with E-state index < -0.39 is 0 Å². The molecule has 78 valence electrons. The molecule has 1 aliphatic carbocycles. The zero-order valence-corrected chi connectivity index (χ0v) is 10.0. The Bertz CT molecular complexity index is 138. The van der Waals surface area contributed by atoms with Crippen molar-refractivity contribution in [3.8, 4) is 0 Å². The summed E-state index contributed by atoms with van der Waals surface area (Å²) in [5.74, 6) is 4.78. The molecule has 0 spiro atoms. The zero-order chi connectivity index (χ0) is 10.0. The SMILES string of the molecule is CCC(C)C1C(C)CC(C)CC1C. The van der Waals surface area contributed by atoms with Crippen molar-refractivity contribution in [2.75, 3.05) is 0 Å². The maximum Gasteiger partial charge on any atom is -0.0337 e. The van der Waals surface area contributed by atoms with Crippen LogP contribution in [0.1, 0.15) is 53.9 Å². The average molecular weight is 182 g/mol. The summed E-state index contributed by atoms with van der Waals surface area (Å²) >= 11 is 0. The minimum atomic E-state index is 0.928. The summed E-state index contributed by atoms with van der Waals surface area (Å²) in [6.45, 7) is 12.1. The summed E-state index contributed by atoms with van der Waals surface area (Å²) < 4.78 is 0. The van der Waals surface area contributed by atoms with Crippen LogP contribution in [0.3, 0.4) is 0 Å². The predicted molar refractivity (Wildman–Crippen MR) is 59.7 cm³/mol. The van der Waals surface area contributed by atoms with E-state index in [0.717, 1.165) is 29.6 Å². The molecule has 0 aromatic rings. The van der Waals surface area contributed by atoms with Gasteiger partial charge in [-0.1, -0.05) is 41.0 Å².